The summed E-state index contributed by atoms with van der Waals surface area (Å²) in [6.07, 6.45) is -0.614. The van der Waals surface area contributed by atoms with Gasteiger partial charge in [0.25, 0.3) is 0 Å². The number of amides is 1. The van der Waals surface area contributed by atoms with E-state index in [-0.39, 0.29) is 19.6 Å². The second-order valence-corrected chi connectivity index (χ2v) is 5.50. The molecule has 0 bridgehead atoms. The molecule has 0 aliphatic carbocycles. The molecule has 0 spiro atoms. The molecule has 2 rings (SSSR count). The van der Waals surface area contributed by atoms with Crippen molar-refractivity contribution in [1.29, 1.82) is 0 Å². The lowest BCUT2D eigenvalue weighted by molar-refractivity contribution is -0.223. The van der Waals surface area contributed by atoms with Gasteiger partial charge in [0.2, 0.25) is 0 Å². The molecule has 1 aliphatic rings. The summed E-state index contributed by atoms with van der Waals surface area (Å²) in [5, 5.41) is 9.43. The third kappa shape index (κ3) is 4.24. The van der Waals surface area contributed by atoms with Crippen molar-refractivity contribution >= 4 is 12.1 Å². The second kappa shape index (κ2) is 8.12. The summed E-state index contributed by atoms with van der Waals surface area (Å²) in [4.78, 5) is 25.0. The van der Waals surface area contributed by atoms with Gasteiger partial charge in [-0.1, -0.05) is 30.3 Å². The zero-order valence-electron chi connectivity index (χ0n) is 13.9. The van der Waals surface area contributed by atoms with E-state index in [4.69, 9.17) is 14.2 Å². The molecule has 132 valence electrons. The first-order chi connectivity index (χ1) is 11.5. The summed E-state index contributed by atoms with van der Waals surface area (Å²) in [7, 11) is 0. The molecule has 1 aliphatic heterocycles. The standard InChI is InChI=1S/C17H23NO6/c1-3-23-17(24-4-2)10-14(15(19)20)18(12-17)16(21)22-11-13-8-6-5-7-9-13/h5-9,14H,3-4,10-12H2,1-2H3,(H,19,20)/t14-/m0/s1. The molecule has 1 aromatic carbocycles. The lowest BCUT2D eigenvalue weighted by atomic mass is 10.1. The number of hydrogen-bond donors (Lipinski definition) is 1. The lowest BCUT2D eigenvalue weighted by Crippen LogP contribution is -2.42. The fraction of sp³-hybridized carbons (Fsp3) is 0.529. The number of aliphatic carboxylic acids is 1. The summed E-state index contributed by atoms with van der Waals surface area (Å²) < 4.78 is 16.5. The van der Waals surface area contributed by atoms with Gasteiger partial charge >= 0.3 is 12.1 Å². The molecule has 1 amide bonds. The number of carboxylic acids is 1. The van der Waals surface area contributed by atoms with Crippen LogP contribution in [-0.4, -0.2) is 53.7 Å². The zero-order valence-corrected chi connectivity index (χ0v) is 13.9. The van der Waals surface area contributed by atoms with Gasteiger partial charge in [0, 0.05) is 19.6 Å². The predicted octanol–water partition coefficient (Wildman–Crippen LogP) is 2.25. The fourth-order valence-electron chi connectivity index (χ4n) is 2.83. The monoisotopic (exact) mass is 337 g/mol. The Kier molecular flexibility index (Phi) is 6.16. The largest absolute Gasteiger partial charge is 0.480 e. The number of carboxylic acid groups (broad SMARTS) is 1. The molecule has 0 unspecified atom stereocenters. The van der Waals surface area contributed by atoms with Gasteiger partial charge < -0.3 is 19.3 Å². The van der Waals surface area contributed by atoms with Gasteiger partial charge in [0.15, 0.2) is 5.79 Å². The summed E-state index contributed by atoms with van der Waals surface area (Å²) in [6.45, 7) is 4.43. The normalized spacial score (nSPS) is 19.2. The molecule has 1 aromatic rings. The Labute approximate surface area is 141 Å². The predicted molar refractivity (Wildman–Crippen MR) is 85.4 cm³/mol. The van der Waals surface area contributed by atoms with Gasteiger partial charge in [-0.15, -0.1) is 0 Å². The molecule has 1 atom stereocenters. The van der Waals surface area contributed by atoms with E-state index >= 15 is 0 Å². The number of hydrogen-bond acceptors (Lipinski definition) is 5. The fourth-order valence-corrected chi connectivity index (χ4v) is 2.83. The van der Waals surface area contributed by atoms with E-state index in [9.17, 15) is 14.7 Å². The van der Waals surface area contributed by atoms with Crippen LogP contribution in [0.5, 0.6) is 0 Å². The van der Waals surface area contributed by atoms with E-state index in [1.165, 1.54) is 0 Å². The highest BCUT2D eigenvalue weighted by molar-refractivity contribution is 5.81. The topological polar surface area (TPSA) is 85.3 Å². The Morgan fingerprint density at radius 2 is 1.83 bits per heavy atom. The van der Waals surface area contributed by atoms with Crippen molar-refractivity contribution in [3.05, 3.63) is 35.9 Å². The molecular weight excluding hydrogens is 314 g/mol. The summed E-state index contributed by atoms with van der Waals surface area (Å²) in [6, 6.07) is 8.17. The van der Waals surface area contributed by atoms with Gasteiger partial charge in [-0.05, 0) is 19.4 Å². The molecule has 1 fully saturated rings. The SMILES string of the molecule is CCOC1(OCC)C[C@@H](C(=O)O)N(C(=O)OCc2ccccc2)C1. The summed E-state index contributed by atoms with van der Waals surface area (Å²) in [5.41, 5.74) is 0.831. The molecule has 0 radical (unpaired) electrons. The van der Waals surface area contributed by atoms with Gasteiger partial charge in [-0.3, -0.25) is 4.90 Å². The van der Waals surface area contributed by atoms with E-state index in [1.54, 1.807) is 13.8 Å². The van der Waals surface area contributed by atoms with Crippen molar-refractivity contribution in [3.8, 4) is 0 Å². The average Bonchev–Trinajstić information content (AvgIpc) is 2.94. The van der Waals surface area contributed by atoms with Gasteiger partial charge in [-0.2, -0.15) is 0 Å². The second-order valence-electron chi connectivity index (χ2n) is 5.50. The van der Waals surface area contributed by atoms with Crippen LogP contribution >= 0.6 is 0 Å². The Bertz CT molecular complexity index is 555. The number of ether oxygens (including phenoxy) is 3. The number of carbonyl (C=O) groups excluding carboxylic acids is 1. The van der Waals surface area contributed by atoms with E-state index in [0.717, 1.165) is 10.5 Å². The maximum Gasteiger partial charge on any atom is 0.411 e. The molecule has 7 nitrogen and oxygen atoms in total. The minimum absolute atomic E-state index is 0.0271. The van der Waals surface area contributed by atoms with Crippen LogP contribution in [0.25, 0.3) is 0 Å². The molecule has 24 heavy (non-hydrogen) atoms. The maximum atomic E-state index is 12.4. The molecule has 1 N–H and O–H groups in total. The first-order valence-corrected chi connectivity index (χ1v) is 7.99. The van der Waals surface area contributed by atoms with Crippen molar-refractivity contribution in [2.75, 3.05) is 19.8 Å². The van der Waals surface area contributed by atoms with E-state index in [1.807, 2.05) is 30.3 Å². The lowest BCUT2D eigenvalue weighted by Gasteiger charge is -2.28. The molecule has 1 heterocycles. The maximum absolute atomic E-state index is 12.4. The summed E-state index contributed by atoms with van der Waals surface area (Å²) in [5.74, 6) is -2.20. The van der Waals surface area contributed by atoms with Crippen LogP contribution in [0.4, 0.5) is 4.79 Å². The summed E-state index contributed by atoms with van der Waals surface area (Å²) >= 11 is 0. The molecular formula is C17H23NO6. The van der Waals surface area contributed by atoms with Crippen LogP contribution in [0, 0.1) is 0 Å². The van der Waals surface area contributed by atoms with E-state index in [0.29, 0.717) is 13.2 Å². The van der Waals surface area contributed by atoms with Crippen LogP contribution in [0.2, 0.25) is 0 Å². The van der Waals surface area contributed by atoms with Crippen LogP contribution in [-0.2, 0) is 25.6 Å². The van der Waals surface area contributed by atoms with Crippen LogP contribution in [0.3, 0.4) is 0 Å². The van der Waals surface area contributed by atoms with Crippen LogP contribution in [0.15, 0.2) is 30.3 Å². The van der Waals surface area contributed by atoms with E-state index < -0.39 is 23.9 Å². The van der Waals surface area contributed by atoms with E-state index in [2.05, 4.69) is 0 Å². The van der Waals surface area contributed by atoms with Crippen molar-refractivity contribution in [1.82, 2.24) is 4.90 Å². The highest BCUT2D eigenvalue weighted by Gasteiger charge is 2.51. The minimum Gasteiger partial charge on any atom is -0.480 e. The Balaban J connectivity index is 2.07. The number of nitrogens with zero attached hydrogens (tertiary/aromatic N) is 1. The molecule has 1 saturated heterocycles. The first kappa shape index (κ1) is 18.2. The van der Waals surface area contributed by atoms with Crippen molar-refractivity contribution in [2.45, 2.75) is 38.7 Å². The van der Waals surface area contributed by atoms with Crippen LogP contribution in [0.1, 0.15) is 25.8 Å². The smallest absolute Gasteiger partial charge is 0.411 e. The highest BCUT2D eigenvalue weighted by atomic mass is 16.7. The third-order valence-electron chi connectivity index (χ3n) is 3.83. The molecule has 0 aromatic heterocycles. The number of benzene rings is 1. The molecule has 7 heteroatoms. The highest BCUT2D eigenvalue weighted by Crippen LogP contribution is 2.32. The van der Waals surface area contributed by atoms with Crippen molar-refractivity contribution in [2.24, 2.45) is 0 Å². The Hall–Kier alpha value is -2.12. The number of carbonyl (C=O) groups is 2. The van der Waals surface area contributed by atoms with Crippen molar-refractivity contribution in [3.63, 3.8) is 0 Å². The molecule has 0 saturated carbocycles. The number of likely N-dealkylation sites (tertiary alicyclic amines) is 1. The quantitative estimate of drug-likeness (QED) is 0.768. The van der Waals surface area contributed by atoms with Crippen molar-refractivity contribution < 1.29 is 28.9 Å². The third-order valence-corrected chi connectivity index (χ3v) is 3.83. The van der Waals surface area contributed by atoms with Gasteiger partial charge in [0.05, 0.1) is 6.54 Å². The van der Waals surface area contributed by atoms with Crippen LogP contribution < -0.4 is 0 Å². The minimum atomic E-state index is -1.10. The van der Waals surface area contributed by atoms with Gasteiger partial charge in [-0.25, -0.2) is 9.59 Å². The zero-order chi connectivity index (χ0) is 17.6. The average molecular weight is 337 g/mol. The Morgan fingerprint density at radius 3 is 2.38 bits per heavy atom. The Morgan fingerprint density at radius 1 is 1.21 bits per heavy atom. The number of rotatable bonds is 7. The first-order valence-electron chi connectivity index (χ1n) is 7.99. The van der Waals surface area contributed by atoms with Gasteiger partial charge in [0.1, 0.15) is 12.6 Å².